The highest BCUT2D eigenvalue weighted by Gasteiger charge is 2.02. The van der Waals surface area contributed by atoms with Crippen molar-refractivity contribution in [1.29, 1.82) is 0 Å². The molecule has 0 spiro atoms. The van der Waals surface area contributed by atoms with Crippen LogP contribution in [0.3, 0.4) is 0 Å². The molecule has 0 aliphatic rings. The zero-order valence-electron chi connectivity index (χ0n) is 16.3. The molecule has 142 valence electrons. The van der Waals surface area contributed by atoms with Gasteiger partial charge in [0.25, 0.3) is 0 Å². The van der Waals surface area contributed by atoms with Gasteiger partial charge in [-0.3, -0.25) is 0 Å². The van der Waals surface area contributed by atoms with E-state index in [0.717, 1.165) is 5.66 Å². The lowest BCUT2D eigenvalue weighted by Crippen LogP contribution is -1.97. The van der Waals surface area contributed by atoms with Crippen LogP contribution in [0.25, 0.3) is 0 Å². The molecule has 0 bridgehead atoms. The second-order valence-electron chi connectivity index (χ2n) is 7.29. The first-order valence-corrected chi connectivity index (χ1v) is 11.2. The van der Waals surface area contributed by atoms with E-state index in [2.05, 4.69) is 23.1 Å². The van der Waals surface area contributed by atoms with Crippen molar-refractivity contribution in [3.05, 3.63) is 0 Å². The third-order valence-electron chi connectivity index (χ3n) is 4.86. The summed E-state index contributed by atoms with van der Waals surface area (Å²) in [4.78, 5) is 0. The van der Waals surface area contributed by atoms with Crippen molar-refractivity contribution < 1.29 is 0 Å². The van der Waals surface area contributed by atoms with Gasteiger partial charge < -0.3 is 0 Å². The van der Waals surface area contributed by atoms with Crippen LogP contribution < -0.4 is 0 Å². The summed E-state index contributed by atoms with van der Waals surface area (Å²) in [7, 11) is 3.08. The van der Waals surface area contributed by atoms with Gasteiger partial charge in [-0.05, 0) is 18.5 Å². The molecule has 0 radical (unpaired) electrons. The van der Waals surface area contributed by atoms with Crippen LogP contribution in [0.2, 0.25) is 0 Å². The summed E-state index contributed by atoms with van der Waals surface area (Å²) >= 11 is 0. The summed E-state index contributed by atoms with van der Waals surface area (Å²) in [6.07, 6.45) is 26.1. The van der Waals surface area contributed by atoms with Gasteiger partial charge in [0.2, 0.25) is 0 Å². The summed E-state index contributed by atoms with van der Waals surface area (Å²) in [5, 5.41) is 0. The smallest absolute Gasteiger partial charge is 0.0264 e. The minimum absolute atomic E-state index is 0. The first kappa shape index (κ1) is 26.0. The molecule has 2 heteroatoms. The zero-order chi connectivity index (χ0) is 16.3. The van der Waals surface area contributed by atoms with Gasteiger partial charge in [-0.15, -0.1) is 21.6 Å². The second-order valence-corrected chi connectivity index (χ2v) is 8.23. The lowest BCUT2D eigenvalue weighted by Gasteiger charge is -2.10. The monoisotopic (exact) mass is 364 g/mol. The minimum Gasteiger partial charge on any atom is -0.147 e. The first-order valence-electron chi connectivity index (χ1n) is 10.6. The van der Waals surface area contributed by atoms with Gasteiger partial charge in [0, 0.05) is 0 Å². The maximum atomic E-state index is 3.08. The van der Waals surface area contributed by atoms with E-state index >= 15 is 0 Å². The van der Waals surface area contributed by atoms with E-state index in [1.54, 1.807) is 0 Å². The Labute approximate surface area is 157 Å². The quantitative estimate of drug-likeness (QED) is 0.168. The van der Waals surface area contributed by atoms with Crippen LogP contribution >= 0.6 is 21.6 Å². The third-order valence-corrected chi connectivity index (χ3v) is 5.52. The van der Waals surface area contributed by atoms with Crippen LogP contribution in [0.15, 0.2) is 0 Å². The largest absolute Gasteiger partial charge is 0.147 e. The molecule has 0 saturated heterocycles. The van der Waals surface area contributed by atoms with Gasteiger partial charge in [-0.25, -0.2) is 0 Å². The molecule has 0 fully saturated rings. The number of unbranched alkanes of at least 4 members (excludes halogenated alkanes) is 14. The van der Waals surface area contributed by atoms with Crippen LogP contribution in [0, 0.1) is 0 Å². The Balaban J connectivity index is 0. The fourth-order valence-electron chi connectivity index (χ4n) is 3.23. The minimum atomic E-state index is 0. The Morgan fingerprint density at radius 2 is 0.739 bits per heavy atom. The van der Waals surface area contributed by atoms with Crippen molar-refractivity contribution >= 4 is 21.6 Å². The Hall–Kier alpha value is 0.720. The molecule has 0 amide bonds. The topological polar surface area (TPSA) is 0 Å². The molecule has 0 aromatic carbocycles. The Kier molecular flexibility index (Phi) is 25.6. The third kappa shape index (κ3) is 22.7. The van der Waals surface area contributed by atoms with Gasteiger partial charge >= 0.3 is 0 Å². The number of halogens is 1. The molecule has 0 aromatic heterocycles. The van der Waals surface area contributed by atoms with Gasteiger partial charge in [0.1, 0.15) is 0 Å². The summed E-state index contributed by atoms with van der Waals surface area (Å²) in [5.41, 5.74) is 0.889. The second kappa shape index (κ2) is 22.7. The molecule has 0 heterocycles. The van der Waals surface area contributed by atoms with Crippen molar-refractivity contribution in [2.75, 3.05) is 0 Å². The van der Waals surface area contributed by atoms with E-state index in [1.165, 1.54) is 116 Å². The number of rotatable bonds is 18. The highest BCUT2D eigenvalue weighted by Crippen LogP contribution is 2.19. The fraction of sp³-hybridized carbons (Fsp3) is 1.00. The average Bonchev–Trinajstić information content (AvgIpc) is 2.52. The number of hydrogen-bond donors (Lipinski definition) is 0. The van der Waals surface area contributed by atoms with Crippen LogP contribution in [0.5, 0.6) is 0 Å². The Bertz CT molecular complexity index is 196. The van der Waals surface area contributed by atoms with Gasteiger partial charge in [0.15, 0.2) is 0 Å². The van der Waals surface area contributed by atoms with E-state index in [-0.39, 0.29) is 12.4 Å². The van der Waals surface area contributed by atoms with Crippen molar-refractivity contribution in [1.82, 2.24) is 0 Å². The molecule has 0 aromatic rings. The van der Waals surface area contributed by atoms with E-state index < -0.39 is 0 Å². The highest BCUT2D eigenvalue weighted by molar-refractivity contribution is 7.17. The molecule has 2 atom stereocenters. The Morgan fingerprint density at radius 1 is 0.478 bits per heavy atom. The van der Waals surface area contributed by atoms with E-state index in [4.69, 9.17) is 0 Å². The molecular weight excluding hydrogens is 319 g/mol. The Morgan fingerprint density at radius 3 is 1.09 bits per heavy atom. The fourth-order valence-corrected chi connectivity index (χ4v) is 3.70. The van der Waals surface area contributed by atoms with Crippen LogP contribution in [-0.2, 0) is 0 Å². The van der Waals surface area contributed by atoms with Crippen LogP contribution in [0.1, 0.15) is 129 Å². The van der Waals surface area contributed by atoms with Crippen LogP contribution in [-0.4, -0.2) is 5.66 Å². The molecule has 0 aliphatic heterocycles. The van der Waals surface area contributed by atoms with Crippen molar-refractivity contribution in [3.63, 3.8) is 0 Å². The van der Waals surface area contributed by atoms with Crippen molar-refractivity contribution in [2.45, 2.75) is 135 Å². The van der Waals surface area contributed by atoms with Gasteiger partial charge in [-0.1, -0.05) is 117 Å². The molecule has 0 rings (SSSR count). The molecular formula is C21H46ClP. The standard InChI is InChI=1S/C21H45P.ClH/c1-3-5-7-9-10-11-12-13-14-15-16-18-20-21(22)19-17-8-6-4-2;/h21H,3-20,22H2,1-2H3;1H. The molecule has 23 heavy (non-hydrogen) atoms. The average molecular weight is 365 g/mol. The van der Waals surface area contributed by atoms with Gasteiger partial charge in [0.05, 0.1) is 0 Å². The van der Waals surface area contributed by atoms with Gasteiger partial charge in [-0.2, -0.15) is 0 Å². The normalized spacial score (nSPS) is 12.1. The maximum absolute atomic E-state index is 3.08. The molecule has 2 unspecified atom stereocenters. The van der Waals surface area contributed by atoms with E-state index in [0.29, 0.717) is 0 Å². The predicted octanol–water partition coefficient (Wildman–Crippen LogP) is 8.71. The van der Waals surface area contributed by atoms with E-state index in [9.17, 15) is 0 Å². The zero-order valence-corrected chi connectivity index (χ0v) is 18.3. The molecule has 0 saturated carbocycles. The highest BCUT2D eigenvalue weighted by atomic mass is 35.5. The molecule has 0 aliphatic carbocycles. The SMILES string of the molecule is CCCCCCCCCCCCCCC(P)CCCCCC.Cl. The molecule has 0 nitrogen and oxygen atoms in total. The summed E-state index contributed by atoms with van der Waals surface area (Å²) in [5.74, 6) is 0. The van der Waals surface area contributed by atoms with Crippen LogP contribution in [0.4, 0.5) is 0 Å². The molecule has 0 N–H and O–H groups in total. The predicted molar refractivity (Wildman–Crippen MR) is 115 cm³/mol. The van der Waals surface area contributed by atoms with Crippen molar-refractivity contribution in [2.24, 2.45) is 0 Å². The maximum Gasteiger partial charge on any atom is -0.0264 e. The van der Waals surface area contributed by atoms with Crippen molar-refractivity contribution in [3.8, 4) is 0 Å². The summed E-state index contributed by atoms with van der Waals surface area (Å²) < 4.78 is 0. The first-order chi connectivity index (χ1) is 10.8. The summed E-state index contributed by atoms with van der Waals surface area (Å²) in [6.45, 7) is 4.59. The lowest BCUT2D eigenvalue weighted by molar-refractivity contribution is 0.528. The lowest BCUT2D eigenvalue weighted by atomic mass is 10.0. The summed E-state index contributed by atoms with van der Waals surface area (Å²) in [6, 6.07) is 0. The number of hydrogen-bond acceptors (Lipinski definition) is 0. The van der Waals surface area contributed by atoms with E-state index in [1.807, 2.05) is 0 Å².